The molecule has 0 aromatic carbocycles. The summed E-state index contributed by atoms with van der Waals surface area (Å²) in [6.45, 7) is 9.96. The molecule has 0 bridgehead atoms. The molecule has 2 heterocycles. The fourth-order valence-electron chi connectivity index (χ4n) is 2.42. The van der Waals surface area contributed by atoms with E-state index < -0.39 is 0 Å². The van der Waals surface area contributed by atoms with Crippen LogP contribution in [0.1, 0.15) is 30.0 Å². The standard InChI is InChI=1S/C14H23N3O2/c1-11-12(4-9-19-11)13(18)16-5-7-17(8-6-16)14(2,3)10-15/h4,9H,5-8,10,15H2,1-3H3. The summed E-state index contributed by atoms with van der Waals surface area (Å²) in [5, 5.41) is 0. The highest BCUT2D eigenvalue weighted by Gasteiger charge is 2.30. The van der Waals surface area contributed by atoms with Crippen molar-refractivity contribution in [3.8, 4) is 0 Å². The highest BCUT2D eigenvalue weighted by molar-refractivity contribution is 5.95. The fraction of sp³-hybridized carbons (Fsp3) is 0.643. The second kappa shape index (κ2) is 5.35. The van der Waals surface area contributed by atoms with E-state index in [1.165, 1.54) is 0 Å². The Kier molecular flexibility index (Phi) is 3.96. The Balaban J connectivity index is 1.97. The smallest absolute Gasteiger partial charge is 0.257 e. The van der Waals surface area contributed by atoms with Gasteiger partial charge in [-0.2, -0.15) is 0 Å². The van der Waals surface area contributed by atoms with Crippen molar-refractivity contribution < 1.29 is 9.21 Å². The van der Waals surface area contributed by atoms with Crippen LogP contribution in [0.4, 0.5) is 0 Å². The highest BCUT2D eigenvalue weighted by Crippen LogP contribution is 2.18. The van der Waals surface area contributed by atoms with Crippen molar-refractivity contribution in [3.63, 3.8) is 0 Å². The number of hydrogen-bond donors (Lipinski definition) is 1. The van der Waals surface area contributed by atoms with Crippen LogP contribution in [0, 0.1) is 6.92 Å². The van der Waals surface area contributed by atoms with E-state index in [-0.39, 0.29) is 11.4 Å². The largest absolute Gasteiger partial charge is 0.469 e. The van der Waals surface area contributed by atoms with Crippen LogP contribution >= 0.6 is 0 Å². The van der Waals surface area contributed by atoms with Crippen molar-refractivity contribution in [2.45, 2.75) is 26.3 Å². The fourth-order valence-corrected chi connectivity index (χ4v) is 2.42. The van der Waals surface area contributed by atoms with Gasteiger partial charge in [0.15, 0.2) is 0 Å². The molecule has 0 saturated carbocycles. The molecule has 1 amide bonds. The van der Waals surface area contributed by atoms with Crippen LogP contribution < -0.4 is 5.73 Å². The van der Waals surface area contributed by atoms with Gasteiger partial charge >= 0.3 is 0 Å². The number of nitrogens with two attached hydrogens (primary N) is 1. The van der Waals surface area contributed by atoms with E-state index in [0.29, 0.717) is 17.9 Å². The predicted molar refractivity (Wildman–Crippen MR) is 74.1 cm³/mol. The number of aryl methyl sites for hydroxylation is 1. The number of rotatable bonds is 3. The Morgan fingerprint density at radius 1 is 1.37 bits per heavy atom. The SMILES string of the molecule is Cc1occc1C(=O)N1CCN(C(C)(C)CN)CC1. The lowest BCUT2D eigenvalue weighted by Crippen LogP contribution is -2.58. The van der Waals surface area contributed by atoms with E-state index in [4.69, 9.17) is 10.2 Å². The van der Waals surface area contributed by atoms with Gasteiger partial charge in [-0.1, -0.05) is 0 Å². The van der Waals surface area contributed by atoms with Gasteiger partial charge in [0.1, 0.15) is 5.76 Å². The van der Waals surface area contributed by atoms with Crippen LogP contribution in [-0.2, 0) is 0 Å². The van der Waals surface area contributed by atoms with Crippen molar-refractivity contribution in [2.75, 3.05) is 32.7 Å². The van der Waals surface area contributed by atoms with E-state index in [0.717, 1.165) is 26.2 Å². The van der Waals surface area contributed by atoms with E-state index in [2.05, 4.69) is 18.7 Å². The number of carbonyl (C=O) groups excluding carboxylic acids is 1. The third-order valence-electron chi connectivity index (χ3n) is 4.01. The molecule has 1 aromatic heterocycles. The maximum atomic E-state index is 12.3. The second-order valence-electron chi connectivity index (χ2n) is 5.69. The number of carbonyl (C=O) groups is 1. The molecule has 2 N–H and O–H groups in total. The molecule has 1 aliphatic rings. The van der Waals surface area contributed by atoms with Crippen LogP contribution in [0.3, 0.4) is 0 Å². The first-order chi connectivity index (χ1) is 8.95. The molecule has 0 radical (unpaired) electrons. The summed E-state index contributed by atoms with van der Waals surface area (Å²) in [6, 6.07) is 1.74. The van der Waals surface area contributed by atoms with E-state index >= 15 is 0 Å². The maximum Gasteiger partial charge on any atom is 0.257 e. The molecule has 1 aliphatic heterocycles. The Labute approximate surface area is 114 Å². The molecule has 1 saturated heterocycles. The topological polar surface area (TPSA) is 62.7 Å². The van der Waals surface area contributed by atoms with Crippen molar-refractivity contribution in [2.24, 2.45) is 5.73 Å². The Hall–Kier alpha value is -1.33. The Bertz CT molecular complexity index is 445. The van der Waals surface area contributed by atoms with Crippen LogP contribution in [0.15, 0.2) is 16.7 Å². The van der Waals surface area contributed by atoms with Crippen molar-refractivity contribution in [1.82, 2.24) is 9.80 Å². The van der Waals surface area contributed by atoms with Gasteiger partial charge < -0.3 is 15.1 Å². The zero-order valence-corrected chi connectivity index (χ0v) is 12.0. The average molecular weight is 265 g/mol. The summed E-state index contributed by atoms with van der Waals surface area (Å²) in [7, 11) is 0. The third-order valence-corrected chi connectivity index (χ3v) is 4.01. The lowest BCUT2D eigenvalue weighted by Gasteiger charge is -2.43. The van der Waals surface area contributed by atoms with Gasteiger partial charge in [0.05, 0.1) is 11.8 Å². The molecule has 19 heavy (non-hydrogen) atoms. The number of nitrogens with zero attached hydrogens (tertiary/aromatic N) is 2. The number of piperazine rings is 1. The molecule has 5 heteroatoms. The first-order valence-corrected chi connectivity index (χ1v) is 6.74. The van der Waals surface area contributed by atoms with E-state index in [1.807, 2.05) is 11.8 Å². The van der Waals surface area contributed by atoms with Gasteiger partial charge in [-0.15, -0.1) is 0 Å². The molecule has 2 rings (SSSR count). The lowest BCUT2D eigenvalue weighted by atomic mass is 10.0. The average Bonchev–Trinajstić information content (AvgIpc) is 2.84. The zero-order valence-electron chi connectivity index (χ0n) is 12.0. The summed E-state index contributed by atoms with van der Waals surface area (Å²) >= 11 is 0. The van der Waals surface area contributed by atoms with Crippen LogP contribution in [-0.4, -0.2) is 54.0 Å². The van der Waals surface area contributed by atoms with Gasteiger partial charge in [0, 0.05) is 38.3 Å². The Morgan fingerprint density at radius 3 is 2.47 bits per heavy atom. The number of hydrogen-bond acceptors (Lipinski definition) is 4. The summed E-state index contributed by atoms with van der Waals surface area (Å²) in [6.07, 6.45) is 1.57. The molecule has 0 unspecified atom stereocenters. The molecule has 1 fully saturated rings. The molecule has 1 aromatic rings. The summed E-state index contributed by atoms with van der Waals surface area (Å²) < 4.78 is 5.19. The van der Waals surface area contributed by atoms with Crippen LogP contribution in [0.5, 0.6) is 0 Å². The summed E-state index contributed by atoms with van der Waals surface area (Å²) in [5.74, 6) is 0.756. The van der Waals surface area contributed by atoms with Gasteiger partial charge in [-0.3, -0.25) is 9.69 Å². The Morgan fingerprint density at radius 2 is 2.00 bits per heavy atom. The zero-order chi connectivity index (χ0) is 14.0. The molecular formula is C14H23N3O2. The van der Waals surface area contributed by atoms with Gasteiger partial charge in [0.25, 0.3) is 5.91 Å². The van der Waals surface area contributed by atoms with E-state index in [9.17, 15) is 4.79 Å². The van der Waals surface area contributed by atoms with Gasteiger partial charge in [-0.25, -0.2) is 0 Å². The minimum Gasteiger partial charge on any atom is -0.469 e. The van der Waals surface area contributed by atoms with Crippen LogP contribution in [0.25, 0.3) is 0 Å². The first-order valence-electron chi connectivity index (χ1n) is 6.74. The number of furan rings is 1. The molecule has 0 spiro atoms. The van der Waals surface area contributed by atoms with E-state index in [1.54, 1.807) is 12.3 Å². The molecule has 0 aliphatic carbocycles. The summed E-state index contributed by atoms with van der Waals surface area (Å²) in [4.78, 5) is 16.6. The molecule has 106 valence electrons. The third kappa shape index (κ3) is 2.82. The monoisotopic (exact) mass is 265 g/mol. The summed E-state index contributed by atoms with van der Waals surface area (Å²) in [5.41, 5.74) is 6.47. The van der Waals surface area contributed by atoms with Gasteiger partial charge in [-0.05, 0) is 26.8 Å². The minimum absolute atomic E-state index is 0.000689. The highest BCUT2D eigenvalue weighted by atomic mass is 16.3. The normalized spacial score (nSPS) is 17.8. The predicted octanol–water partition coefficient (Wildman–Crippen LogP) is 1.08. The number of amides is 1. The van der Waals surface area contributed by atoms with Crippen LogP contribution in [0.2, 0.25) is 0 Å². The van der Waals surface area contributed by atoms with Crippen molar-refractivity contribution in [3.05, 3.63) is 23.7 Å². The quantitative estimate of drug-likeness (QED) is 0.888. The minimum atomic E-state index is 0.000689. The lowest BCUT2D eigenvalue weighted by molar-refractivity contribution is 0.0425. The molecule has 5 nitrogen and oxygen atoms in total. The maximum absolute atomic E-state index is 12.3. The van der Waals surface area contributed by atoms with Crippen molar-refractivity contribution in [1.29, 1.82) is 0 Å². The molecular weight excluding hydrogens is 242 g/mol. The second-order valence-corrected chi connectivity index (χ2v) is 5.69. The first kappa shape index (κ1) is 14.1. The van der Waals surface area contributed by atoms with Crippen molar-refractivity contribution >= 4 is 5.91 Å². The molecule has 0 atom stereocenters. The van der Waals surface area contributed by atoms with Gasteiger partial charge in [0.2, 0.25) is 0 Å².